The van der Waals surface area contributed by atoms with Gasteiger partial charge >= 0.3 is 0 Å². The van der Waals surface area contributed by atoms with Crippen LogP contribution in [0, 0.1) is 0 Å². The first-order valence-electron chi connectivity index (χ1n) is 7.80. The number of aromatic nitrogens is 2. The highest BCUT2D eigenvalue weighted by Gasteiger charge is 2.17. The lowest BCUT2D eigenvalue weighted by molar-refractivity contribution is 0.0948. The van der Waals surface area contributed by atoms with Crippen molar-refractivity contribution in [2.24, 2.45) is 0 Å². The number of carbonyl (C=O) groups excluding carboxylic acids is 1. The number of amides is 1. The van der Waals surface area contributed by atoms with E-state index in [2.05, 4.69) is 32.7 Å². The predicted molar refractivity (Wildman–Crippen MR) is 85.9 cm³/mol. The van der Waals surface area contributed by atoms with E-state index in [4.69, 9.17) is 0 Å². The van der Waals surface area contributed by atoms with E-state index in [0.29, 0.717) is 22.7 Å². The Morgan fingerprint density at radius 1 is 1.43 bits per heavy atom. The van der Waals surface area contributed by atoms with Gasteiger partial charge in [0.1, 0.15) is 0 Å². The largest absolute Gasteiger partial charge is 0.360 e. The summed E-state index contributed by atoms with van der Waals surface area (Å²) in [7, 11) is 0. The van der Waals surface area contributed by atoms with Gasteiger partial charge in [-0.3, -0.25) is 4.79 Å². The summed E-state index contributed by atoms with van der Waals surface area (Å²) in [6.45, 7) is 8.00. The molecule has 0 bridgehead atoms. The third kappa shape index (κ3) is 4.93. The molecule has 1 atom stereocenters. The maximum absolute atomic E-state index is 11.9. The number of carbonyl (C=O) groups is 1. The maximum Gasteiger partial charge on any atom is 0.282 e. The van der Waals surface area contributed by atoms with Crippen LogP contribution in [0.4, 0.5) is 5.13 Å². The van der Waals surface area contributed by atoms with Crippen LogP contribution in [0.1, 0.15) is 49.3 Å². The fraction of sp³-hybridized carbons (Fsp3) is 0.786. The minimum absolute atomic E-state index is 0.122. The minimum atomic E-state index is -0.122. The van der Waals surface area contributed by atoms with E-state index >= 15 is 0 Å². The van der Waals surface area contributed by atoms with Crippen molar-refractivity contribution in [2.45, 2.75) is 45.6 Å². The van der Waals surface area contributed by atoms with Gasteiger partial charge in [0, 0.05) is 25.7 Å². The molecule has 1 fully saturated rings. The van der Waals surface area contributed by atoms with E-state index < -0.39 is 0 Å². The molecule has 0 spiro atoms. The Bertz CT molecular complexity index is 450. The normalized spacial score (nSPS) is 19.4. The second kappa shape index (κ2) is 8.29. The van der Waals surface area contributed by atoms with Gasteiger partial charge in [-0.25, -0.2) is 0 Å². The van der Waals surface area contributed by atoms with Crippen molar-refractivity contribution in [1.82, 2.24) is 20.4 Å². The summed E-state index contributed by atoms with van der Waals surface area (Å²) < 4.78 is 0. The van der Waals surface area contributed by atoms with Crippen molar-refractivity contribution in [3.63, 3.8) is 0 Å². The number of nitrogens with zero attached hydrogens (tertiary/aromatic N) is 3. The van der Waals surface area contributed by atoms with Crippen molar-refractivity contribution in [3.8, 4) is 0 Å². The molecule has 0 aromatic carbocycles. The van der Waals surface area contributed by atoms with Crippen LogP contribution in [-0.2, 0) is 0 Å². The van der Waals surface area contributed by atoms with Crippen molar-refractivity contribution in [3.05, 3.63) is 5.01 Å². The first-order chi connectivity index (χ1) is 10.2. The summed E-state index contributed by atoms with van der Waals surface area (Å²) in [5.74, 6) is -0.122. The minimum Gasteiger partial charge on any atom is -0.360 e. The summed E-state index contributed by atoms with van der Waals surface area (Å²) in [5.41, 5.74) is 0. The van der Waals surface area contributed by atoms with Gasteiger partial charge in [0.15, 0.2) is 0 Å². The van der Waals surface area contributed by atoms with E-state index in [1.807, 2.05) is 6.92 Å². The molecule has 0 aliphatic carbocycles. The van der Waals surface area contributed by atoms with Crippen LogP contribution >= 0.6 is 11.3 Å². The van der Waals surface area contributed by atoms with Crippen LogP contribution in [0.5, 0.6) is 0 Å². The number of rotatable bonds is 7. The molecule has 0 radical (unpaired) electrons. The van der Waals surface area contributed by atoms with Crippen LogP contribution in [0.3, 0.4) is 0 Å². The maximum atomic E-state index is 11.9. The number of hydrogen-bond acceptors (Lipinski definition) is 6. The summed E-state index contributed by atoms with van der Waals surface area (Å²) in [6.07, 6.45) is 4.92. The molecule has 1 aliphatic heterocycles. The molecule has 7 heteroatoms. The number of likely N-dealkylation sites (tertiary alicyclic amines) is 1. The average Bonchev–Trinajstić information content (AvgIpc) is 2.94. The Hall–Kier alpha value is -1.21. The third-order valence-corrected chi connectivity index (χ3v) is 4.68. The highest BCUT2D eigenvalue weighted by Crippen LogP contribution is 2.16. The van der Waals surface area contributed by atoms with Gasteiger partial charge in [-0.05, 0) is 39.7 Å². The van der Waals surface area contributed by atoms with Gasteiger partial charge in [-0.2, -0.15) is 0 Å². The molecule has 118 valence electrons. The topological polar surface area (TPSA) is 70.1 Å². The van der Waals surface area contributed by atoms with Gasteiger partial charge in [0.25, 0.3) is 5.91 Å². The van der Waals surface area contributed by atoms with E-state index in [-0.39, 0.29) is 5.91 Å². The second-order valence-corrected chi connectivity index (χ2v) is 6.41. The number of anilines is 1. The molecule has 1 saturated heterocycles. The lowest BCUT2D eigenvalue weighted by Crippen LogP contribution is -2.39. The first-order valence-corrected chi connectivity index (χ1v) is 8.62. The van der Waals surface area contributed by atoms with Crippen molar-refractivity contribution < 1.29 is 4.79 Å². The molecule has 6 nitrogen and oxygen atoms in total. The smallest absolute Gasteiger partial charge is 0.282 e. The second-order valence-electron chi connectivity index (χ2n) is 5.43. The summed E-state index contributed by atoms with van der Waals surface area (Å²) >= 11 is 1.30. The zero-order valence-electron chi connectivity index (χ0n) is 12.9. The fourth-order valence-electron chi connectivity index (χ4n) is 2.59. The number of hydrogen-bond donors (Lipinski definition) is 2. The van der Waals surface area contributed by atoms with Crippen LogP contribution in [0.2, 0.25) is 0 Å². The standard InChI is InChI=1S/C14H25N5OS/c1-3-15-14-18-17-13(21-14)12(20)16-8-6-10-19-9-5-4-7-11(19)2/h11H,3-10H2,1-2H3,(H,15,18)(H,16,20). The van der Waals surface area contributed by atoms with E-state index in [0.717, 1.165) is 19.5 Å². The van der Waals surface area contributed by atoms with Gasteiger partial charge in [-0.15, -0.1) is 10.2 Å². The molecule has 21 heavy (non-hydrogen) atoms. The van der Waals surface area contributed by atoms with Crippen LogP contribution in [0.15, 0.2) is 0 Å². The monoisotopic (exact) mass is 311 g/mol. The molecule has 1 aliphatic rings. The van der Waals surface area contributed by atoms with Crippen molar-refractivity contribution in [1.29, 1.82) is 0 Å². The first kappa shape index (κ1) is 16.2. The van der Waals surface area contributed by atoms with Gasteiger partial charge in [0.2, 0.25) is 10.1 Å². The molecule has 2 heterocycles. The lowest BCUT2D eigenvalue weighted by atomic mass is 10.0. The molecule has 1 aromatic rings. The average molecular weight is 311 g/mol. The Morgan fingerprint density at radius 3 is 3.05 bits per heavy atom. The van der Waals surface area contributed by atoms with Crippen LogP contribution in [-0.4, -0.2) is 53.2 Å². The Morgan fingerprint density at radius 2 is 2.29 bits per heavy atom. The Balaban J connectivity index is 1.66. The zero-order chi connectivity index (χ0) is 15.1. The van der Waals surface area contributed by atoms with Crippen LogP contribution < -0.4 is 10.6 Å². The molecule has 2 rings (SSSR count). The van der Waals surface area contributed by atoms with E-state index in [9.17, 15) is 4.79 Å². The highest BCUT2D eigenvalue weighted by atomic mass is 32.1. The number of nitrogens with one attached hydrogen (secondary N) is 2. The molecule has 1 amide bonds. The third-order valence-electron chi connectivity index (χ3n) is 3.80. The SMILES string of the molecule is CCNc1nnc(C(=O)NCCCN2CCCCC2C)s1. The molecule has 0 saturated carbocycles. The molecule has 2 N–H and O–H groups in total. The van der Waals surface area contributed by atoms with Gasteiger partial charge < -0.3 is 15.5 Å². The summed E-state index contributed by atoms with van der Waals surface area (Å²) in [4.78, 5) is 14.5. The quantitative estimate of drug-likeness (QED) is 0.753. The zero-order valence-corrected chi connectivity index (χ0v) is 13.7. The summed E-state index contributed by atoms with van der Waals surface area (Å²) in [5, 5.41) is 14.9. The van der Waals surface area contributed by atoms with Crippen LogP contribution in [0.25, 0.3) is 0 Å². The molecule has 1 unspecified atom stereocenters. The molecular formula is C14H25N5OS. The number of piperidine rings is 1. The molecular weight excluding hydrogens is 286 g/mol. The summed E-state index contributed by atoms with van der Waals surface area (Å²) in [6, 6.07) is 0.681. The van der Waals surface area contributed by atoms with Crippen molar-refractivity contribution >= 4 is 22.4 Å². The Kier molecular flexibility index (Phi) is 6.38. The fourth-order valence-corrected chi connectivity index (χ4v) is 3.31. The predicted octanol–water partition coefficient (Wildman–Crippen LogP) is 1.96. The van der Waals surface area contributed by atoms with E-state index in [1.54, 1.807) is 0 Å². The Labute approximate surface area is 130 Å². The molecule has 1 aromatic heterocycles. The lowest BCUT2D eigenvalue weighted by Gasteiger charge is -2.33. The van der Waals surface area contributed by atoms with Gasteiger partial charge in [0.05, 0.1) is 0 Å². The van der Waals surface area contributed by atoms with Gasteiger partial charge in [-0.1, -0.05) is 17.8 Å². The highest BCUT2D eigenvalue weighted by molar-refractivity contribution is 7.17. The van der Waals surface area contributed by atoms with Crippen molar-refractivity contribution in [2.75, 3.05) is 31.5 Å². The van der Waals surface area contributed by atoms with E-state index in [1.165, 1.54) is 37.1 Å².